The van der Waals surface area contributed by atoms with Crippen molar-refractivity contribution in [1.82, 2.24) is 4.72 Å². The second-order valence-corrected chi connectivity index (χ2v) is 8.77. The summed E-state index contributed by atoms with van der Waals surface area (Å²) in [6.07, 6.45) is 0.165. The molecule has 156 valence electrons. The summed E-state index contributed by atoms with van der Waals surface area (Å²) >= 11 is 0. The monoisotopic (exact) mass is 426 g/mol. The number of nitrogens with one attached hydrogen (secondary N) is 2. The molecule has 0 aliphatic carbocycles. The van der Waals surface area contributed by atoms with Gasteiger partial charge in [0, 0.05) is 5.69 Å². The number of anilines is 1. The molecule has 1 atom stereocenters. The van der Waals surface area contributed by atoms with E-state index in [1.165, 1.54) is 12.1 Å². The molecule has 0 aromatic heterocycles. The Morgan fingerprint density at radius 3 is 2.27 bits per heavy atom. The number of hydrogen-bond acceptors (Lipinski definition) is 3. The third kappa shape index (κ3) is 5.31. The number of amides is 1. The van der Waals surface area contributed by atoms with Gasteiger partial charge in [-0.05, 0) is 67.3 Å². The van der Waals surface area contributed by atoms with Gasteiger partial charge in [-0.15, -0.1) is 0 Å². The summed E-state index contributed by atoms with van der Waals surface area (Å²) in [6, 6.07) is 18.1. The van der Waals surface area contributed by atoms with E-state index in [0.29, 0.717) is 5.69 Å². The lowest BCUT2D eigenvalue weighted by Crippen LogP contribution is -2.45. The molecular weight excluding hydrogens is 403 g/mol. The molecule has 1 amide bonds. The first kappa shape index (κ1) is 21.7. The van der Waals surface area contributed by atoms with Crippen LogP contribution in [0.3, 0.4) is 0 Å². The van der Waals surface area contributed by atoms with E-state index >= 15 is 0 Å². The van der Waals surface area contributed by atoms with E-state index in [9.17, 15) is 17.6 Å². The maximum absolute atomic E-state index is 13.2. The highest BCUT2D eigenvalue weighted by Gasteiger charge is 2.26. The molecule has 0 spiro atoms. The van der Waals surface area contributed by atoms with Gasteiger partial charge in [-0.3, -0.25) is 4.79 Å². The molecule has 0 radical (unpaired) electrons. The van der Waals surface area contributed by atoms with Crippen molar-refractivity contribution in [3.05, 3.63) is 95.3 Å². The van der Waals surface area contributed by atoms with Gasteiger partial charge in [0.2, 0.25) is 15.9 Å². The number of carbonyl (C=O) groups excluding carboxylic acids is 1. The number of carbonyl (C=O) groups is 1. The fraction of sp³-hybridized carbons (Fsp3) is 0.174. The molecule has 0 aliphatic heterocycles. The predicted octanol–water partition coefficient (Wildman–Crippen LogP) is 3.97. The quantitative estimate of drug-likeness (QED) is 0.600. The molecule has 0 fully saturated rings. The Kier molecular flexibility index (Phi) is 6.64. The standard InChI is InChI=1S/C23H23FN2O3S/c1-16-7-6-10-21(17(16)2)25-23(27)22(15-18-8-4-3-5-9-18)26-30(28,29)20-13-11-19(24)12-14-20/h3-14,22,26H,15H2,1-2H3,(H,25,27). The van der Waals surface area contributed by atoms with Gasteiger partial charge >= 0.3 is 0 Å². The Morgan fingerprint density at radius 1 is 0.933 bits per heavy atom. The zero-order valence-corrected chi connectivity index (χ0v) is 17.5. The van der Waals surface area contributed by atoms with Gasteiger partial charge in [0.1, 0.15) is 11.9 Å². The van der Waals surface area contributed by atoms with Crippen LogP contribution in [0.5, 0.6) is 0 Å². The first-order valence-electron chi connectivity index (χ1n) is 9.45. The van der Waals surface area contributed by atoms with Gasteiger partial charge in [-0.1, -0.05) is 42.5 Å². The largest absolute Gasteiger partial charge is 0.324 e. The molecular formula is C23H23FN2O3S. The first-order chi connectivity index (χ1) is 14.3. The summed E-state index contributed by atoms with van der Waals surface area (Å²) in [7, 11) is -4.03. The molecule has 0 aliphatic rings. The number of hydrogen-bond donors (Lipinski definition) is 2. The van der Waals surface area contributed by atoms with Crippen molar-refractivity contribution < 1.29 is 17.6 Å². The second kappa shape index (κ2) is 9.19. The number of benzene rings is 3. The summed E-state index contributed by atoms with van der Waals surface area (Å²) in [5.41, 5.74) is 3.35. The van der Waals surface area contributed by atoms with E-state index < -0.39 is 27.8 Å². The number of sulfonamides is 1. The topological polar surface area (TPSA) is 75.3 Å². The molecule has 0 saturated heterocycles. The highest BCUT2D eigenvalue weighted by atomic mass is 32.2. The lowest BCUT2D eigenvalue weighted by molar-refractivity contribution is -0.117. The lowest BCUT2D eigenvalue weighted by atomic mass is 10.0. The van der Waals surface area contributed by atoms with Crippen LogP contribution in [0.1, 0.15) is 16.7 Å². The average Bonchev–Trinajstić information content (AvgIpc) is 2.72. The number of rotatable bonds is 7. The van der Waals surface area contributed by atoms with Gasteiger partial charge in [0.05, 0.1) is 4.90 Å². The van der Waals surface area contributed by atoms with Crippen LogP contribution in [0.4, 0.5) is 10.1 Å². The summed E-state index contributed by atoms with van der Waals surface area (Å²) in [5.74, 6) is -1.01. The minimum Gasteiger partial charge on any atom is -0.324 e. The summed E-state index contributed by atoms with van der Waals surface area (Å²) in [4.78, 5) is 12.9. The lowest BCUT2D eigenvalue weighted by Gasteiger charge is -2.20. The Hall–Kier alpha value is -3.03. The zero-order valence-electron chi connectivity index (χ0n) is 16.7. The molecule has 3 aromatic rings. The third-order valence-electron chi connectivity index (χ3n) is 4.88. The van der Waals surface area contributed by atoms with E-state index in [4.69, 9.17) is 0 Å². The molecule has 2 N–H and O–H groups in total. The van der Waals surface area contributed by atoms with Gasteiger partial charge in [-0.2, -0.15) is 4.72 Å². The van der Waals surface area contributed by atoms with E-state index in [1.807, 2.05) is 56.3 Å². The molecule has 3 rings (SSSR count). The van der Waals surface area contributed by atoms with Crippen molar-refractivity contribution >= 4 is 21.6 Å². The van der Waals surface area contributed by atoms with Crippen LogP contribution in [-0.4, -0.2) is 20.4 Å². The second-order valence-electron chi connectivity index (χ2n) is 7.05. The highest BCUT2D eigenvalue weighted by molar-refractivity contribution is 7.89. The van der Waals surface area contributed by atoms with Crippen LogP contribution in [0.15, 0.2) is 77.7 Å². The number of halogens is 1. The summed E-state index contributed by atoms with van der Waals surface area (Å²) < 4.78 is 41.3. The van der Waals surface area contributed by atoms with Crippen molar-refractivity contribution in [3.8, 4) is 0 Å². The summed E-state index contributed by atoms with van der Waals surface area (Å²) in [5, 5.41) is 2.83. The van der Waals surface area contributed by atoms with E-state index in [1.54, 1.807) is 6.07 Å². The maximum atomic E-state index is 13.2. The Labute approximate surface area is 176 Å². The smallest absolute Gasteiger partial charge is 0.242 e. The highest BCUT2D eigenvalue weighted by Crippen LogP contribution is 2.19. The molecule has 3 aromatic carbocycles. The Balaban J connectivity index is 1.88. The van der Waals surface area contributed by atoms with Crippen molar-refractivity contribution in [2.75, 3.05) is 5.32 Å². The fourth-order valence-corrected chi connectivity index (χ4v) is 4.21. The minimum atomic E-state index is -4.03. The maximum Gasteiger partial charge on any atom is 0.242 e. The Morgan fingerprint density at radius 2 is 1.60 bits per heavy atom. The summed E-state index contributed by atoms with van der Waals surface area (Å²) in [6.45, 7) is 3.82. The molecule has 5 nitrogen and oxygen atoms in total. The number of aryl methyl sites for hydroxylation is 1. The van der Waals surface area contributed by atoms with Crippen molar-refractivity contribution in [2.24, 2.45) is 0 Å². The van der Waals surface area contributed by atoms with Crippen molar-refractivity contribution in [2.45, 2.75) is 31.2 Å². The zero-order chi connectivity index (χ0) is 21.7. The molecule has 30 heavy (non-hydrogen) atoms. The molecule has 1 unspecified atom stereocenters. The average molecular weight is 427 g/mol. The molecule has 0 saturated carbocycles. The Bertz CT molecular complexity index is 1130. The predicted molar refractivity (Wildman–Crippen MR) is 115 cm³/mol. The van der Waals surface area contributed by atoms with Crippen LogP contribution in [0, 0.1) is 19.7 Å². The molecule has 0 heterocycles. The fourth-order valence-electron chi connectivity index (χ4n) is 3.01. The molecule has 0 bridgehead atoms. The van der Waals surface area contributed by atoms with Crippen LogP contribution in [0.25, 0.3) is 0 Å². The van der Waals surface area contributed by atoms with E-state index in [2.05, 4.69) is 10.0 Å². The molecule has 7 heteroatoms. The van der Waals surface area contributed by atoms with Gasteiger partial charge < -0.3 is 5.32 Å². The third-order valence-corrected chi connectivity index (χ3v) is 6.37. The van der Waals surface area contributed by atoms with E-state index in [-0.39, 0.29) is 11.3 Å². The van der Waals surface area contributed by atoms with Crippen molar-refractivity contribution in [3.63, 3.8) is 0 Å². The SMILES string of the molecule is Cc1cccc(NC(=O)C(Cc2ccccc2)NS(=O)(=O)c2ccc(F)cc2)c1C. The van der Waals surface area contributed by atoms with Crippen LogP contribution < -0.4 is 10.0 Å². The minimum absolute atomic E-state index is 0.110. The van der Waals surface area contributed by atoms with Gasteiger partial charge in [0.15, 0.2) is 0 Å². The van der Waals surface area contributed by atoms with Crippen LogP contribution in [0.2, 0.25) is 0 Å². The van der Waals surface area contributed by atoms with Gasteiger partial charge in [0.25, 0.3) is 0 Å². The first-order valence-corrected chi connectivity index (χ1v) is 10.9. The van der Waals surface area contributed by atoms with Crippen LogP contribution in [-0.2, 0) is 21.2 Å². The van der Waals surface area contributed by atoms with Gasteiger partial charge in [-0.25, -0.2) is 12.8 Å². The van der Waals surface area contributed by atoms with E-state index in [0.717, 1.165) is 28.8 Å². The van der Waals surface area contributed by atoms with Crippen LogP contribution >= 0.6 is 0 Å². The normalized spacial score (nSPS) is 12.4. The van der Waals surface area contributed by atoms with Crippen molar-refractivity contribution in [1.29, 1.82) is 0 Å².